The van der Waals surface area contributed by atoms with E-state index < -0.39 is 22.6 Å². The van der Waals surface area contributed by atoms with E-state index >= 15 is 0 Å². The first-order valence-electron chi connectivity index (χ1n) is 12.3. The van der Waals surface area contributed by atoms with Crippen molar-refractivity contribution in [2.45, 2.75) is 122 Å². The van der Waals surface area contributed by atoms with Gasteiger partial charge in [-0.15, -0.1) is 0 Å². The topological polar surface area (TPSA) is 38.3 Å². The van der Waals surface area contributed by atoms with E-state index in [2.05, 4.69) is 100 Å². The van der Waals surface area contributed by atoms with Crippen LogP contribution in [0, 0.1) is 0 Å². The Balaban J connectivity index is 3.55. The van der Waals surface area contributed by atoms with Crippen LogP contribution in [0.25, 0.3) is 0 Å². The van der Waals surface area contributed by atoms with Crippen molar-refractivity contribution in [2.24, 2.45) is 0 Å². The summed E-state index contributed by atoms with van der Waals surface area (Å²) in [4.78, 5) is 18.0. The van der Waals surface area contributed by atoms with Crippen LogP contribution in [0.3, 0.4) is 0 Å². The number of hydrogen-bond donors (Lipinski definition) is 1. The summed E-state index contributed by atoms with van der Waals surface area (Å²) in [5, 5.41) is 0. The molecule has 0 aliphatic rings. The molecule has 0 bridgehead atoms. The lowest BCUT2D eigenvalue weighted by Gasteiger charge is -2.47. The Bertz CT molecular complexity index is 640. The highest BCUT2D eigenvalue weighted by molar-refractivity contribution is 6.81. The summed E-state index contributed by atoms with van der Waals surface area (Å²) in [5.41, 5.74) is 3.66. The number of nitrogens with one attached hydrogen (secondary N) is 1. The first-order chi connectivity index (χ1) is 14.2. The predicted molar refractivity (Wildman–Crippen MR) is 141 cm³/mol. The molecule has 1 atom stereocenters. The Morgan fingerprint density at radius 1 is 0.677 bits per heavy atom. The standard InChI is InChI=1S/C26H49NO2Si2/c1-18(2)30(19(3)4,20(5)6)27-25(24-16-14-13-15-17-24)26(28)29-31(21(7)8,22(9)10)23(11)12/h13-23,25,27H,1-12H3/t25-/m0/s1. The quantitative estimate of drug-likeness (QED) is 0.336. The van der Waals surface area contributed by atoms with Crippen molar-refractivity contribution < 1.29 is 9.22 Å². The van der Waals surface area contributed by atoms with Gasteiger partial charge in [-0.05, 0) is 38.8 Å². The molecule has 1 rings (SSSR count). The minimum absolute atomic E-state index is 0.0761. The molecule has 0 spiro atoms. The summed E-state index contributed by atoms with van der Waals surface area (Å²) in [6.07, 6.45) is 0. The van der Waals surface area contributed by atoms with E-state index in [1.165, 1.54) is 0 Å². The van der Waals surface area contributed by atoms with Crippen LogP contribution in [0.1, 0.15) is 94.7 Å². The number of benzene rings is 1. The zero-order valence-electron chi connectivity index (χ0n) is 22.2. The second kappa shape index (κ2) is 11.3. The van der Waals surface area contributed by atoms with Gasteiger partial charge in [0.25, 0.3) is 8.32 Å². The lowest BCUT2D eigenvalue weighted by molar-refractivity contribution is -0.137. The number of rotatable bonds is 11. The van der Waals surface area contributed by atoms with Crippen LogP contribution in [0.5, 0.6) is 0 Å². The maximum absolute atomic E-state index is 14.0. The van der Waals surface area contributed by atoms with E-state index in [0.717, 1.165) is 5.56 Å². The van der Waals surface area contributed by atoms with E-state index in [4.69, 9.17) is 4.43 Å². The van der Waals surface area contributed by atoms with Crippen LogP contribution in [0.4, 0.5) is 0 Å². The van der Waals surface area contributed by atoms with Crippen molar-refractivity contribution in [3.8, 4) is 0 Å². The molecule has 0 aromatic heterocycles. The molecule has 5 heteroatoms. The maximum Gasteiger partial charge on any atom is 0.313 e. The summed E-state index contributed by atoms with van der Waals surface area (Å²) in [6.45, 7) is 27.3. The fourth-order valence-electron chi connectivity index (χ4n) is 6.26. The van der Waals surface area contributed by atoms with Crippen molar-refractivity contribution in [3.05, 3.63) is 35.9 Å². The van der Waals surface area contributed by atoms with Gasteiger partial charge in [-0.1, -0.05) is 113 Å². The van der Waals surface area contributed by atoms with Gasteiger partial charge in [-0.3, -0.25) is 4.79 Å². The monoisotopic (exact) mass is 463 g/mol. The lowest BCUT2D eigenvalue weighted by atomic mass is 10.1. The smallest absolute Gasteiger partial charge is 0.313 e. The number of hydrogen-bond acceptors (Lipinski definition) is 3. The molecule has 31 heavy (non-hydrogen) atoms. The van der Waals surface area contributed by atoms with E-state index in [1.54, 1.807) is 0 Å². The summed E-state index contributed by atoms with van der Waals surface area (Å²) < 4.78 is 6.68. The zero-order chi connectivity index (χ0) is 24.1. The number of carbonyl (C=O) groups excluding carboxylic acids is 1. The third-order valence-corrected chi connectivity index (χ3v) is 20.1. The second-order valence-corrected chi connectivity index (χ2v) is 22.1. The van der Waals surface area contributed by atoms with Gasteiger partial charge in [0.2, 0.25) is 0 Å². The summed E-state index contributed by atoms with van der Waals surface area (Å²) >= 11 is 0. The van der Waals surface area contributed by atoms with Crippen LogP contribution in [0.15, 0.2) is 30.3 Å². The molecule has 178 valence electrons. The SMILES string of the molecule is CC(C)[Si](N[C@H](C(=O)O[Si](C(C)C)(C(C)C)C(C)C)c1ccccc1)(C(C)C)C(C)C. The Morgan fingerprint density at radius 3 is 1.39 bits per heavy atom. The highest BCUT2D eigenvalue weighted by Gasteiger charge is 2.51. The molecule has 0 unspecified atom stereocenters. The Kier molecular flexibility index (Phi) is 10.2. The van der Waals surface area contributed by atoms with Crippen LogP contribution in [-0.2, 0) is 9.22 Å². The van der Waals surface area contributed by atoms with Gasteiger partial charge < -0.3 is 9.41 Å². The fourth-order valence-corrected chi connectivity index (χ4v) is 17.2. The molecule has 1 aromatic carbocycles. The highest BCUT2D eigenvalue weighted by atomic mass is 28.4. The maximum atomic E-state index is 14.0. The van der Waals surface area contributed by atoms with E-state index in [1.807, 2.05) is 18.2 Å². The Hall–Kier alpha value is -0.916. The van der Waals surface area contributed by atoms with Crippen LogP contribution >= 0.6 is 0 Å². The fraction of sp³-hybridized carbons (Fsp3) is 0.731. The van der Waals surface area contributed by atoms with E-state index in [9.17, 15) is 4.79 Å². The molecule has 0 amide bonds. The average molecular weight is 464 g/mol. The zero-order valence-corrected chi connectivity index (χ0v) is 24.2. The lowest BCUT2D eigenvalue weighted by Crippen LogP contribution is -2.61. The summed E-state index contributed by atoms with van der Waals surface area (Å²) in [6, 6.07) is 9.80. The molecule has 0 aliphatic carbocycles. The molecule has 3 nitrogen and oxygen atoms in total. The molecular formula is C26H49NO2Si2. The van der Waals surface area contributed by atoms with Crippen LogP contribution in [0.2, 0.25) is 33.2 Å². The van der Waals surface area contributed by atoms with Crippen molar-refractivity contribution in [3.63, 3.8) is 0 Å². The largest absolute Gasteiger partial charge is 0.517 e. The summed E-state index contributed by atoms with van der Waals surface area (Å²) in [5.74, 6) is -0.0761. The van der Waals surface area contributed by atoms with Gasteiger partial charge in [0.1, 0.15) is 14.3 Å². The van der Waals surface area contributed by atoms with Crippen molar-refractivity contribution >= 4 is 22.5 Å². The first kappa shape index (κ1) is 28.1. The van der Waals surface area contributed by atoms with Gasteiger partial charge in [-0.25, -0.2) is 0 Å². The molecule has 0 saturated carbocycles. The predicted octanol–water partition coefficient (Wildman–Crippen LogP) is 8.21. The highest BCUT2D eigenvalue weighted by Crippen LogP contribution is 2.44. The molecule has 0 aliphatic heterocycles. The van der Waals surface area contributed by atoms with Crippen molar-refractivity contribution in [1.82, 2.24) is 4.98 Å². The molecule has 0 heterocycles. The molecule has 0 saturated heterocycles. The molecular weight excluding hydrogens is 414 g/mol. The van der Waals surface area contributed by atoms with Crippen LogP contribution < -0.4 is 4.98 Å². The normalized spacial score (nSPS) is 14.4. The summed E-state index contributed by atoms with van der Waals surface area (Å²) in [7, 11) is -4.35. The van der Waals surface area contributed by atoms with Crippen molar-refractivity contribution in [2.75, 3.05) is 0 Å². The third kappa shape index (κ3) is 5.72. The van der Waals surface area contributed by atoms with E-state index in [0.29, 0.717) is 33.2 Å². The number of carbonyl (C=O) groups is 1. The van der Waals surface area contributed by atoms with E-state index in [-0.39, 0.29) is 5.97 Å². The van der Waals surface area contributed by atoms with Gasteiger partial charge in [0, 0.05) is 0 Å². The minimum atomic E-state index is -2.32. The van der Waals surface area contributed by atoms with Crippen LogP contribution in [-0.4, -0.2) is 22.5 Å². The van der Waals surface area contributed by atoms with Gasteiger partial charge >= 0.3 is 5.97 Å². The molecule has 0 radical (unpaired) electrons. The third-order valence-electron chi connectivity index (χ3n) is 7.61. The van der Waals surface area contributed by atoms with Gasteiger partial charge in [0.15, 0.2) is 0 Å². The Morgan fingerprint density at radius 2 is 1.06 bits per heavy atom. The minimum Gasteiger partial charge on any atom is -0.517 e. The second-order valence-electron chi connectivity index (χ2n) is 11.1. The van der Waals surface area contributed by atoms with Gasteiger partial charge in [-0.2, -0.15) is 0 Å². The Labute approximate surface area is 195 Å². The van der Waals surface area contributed by atoms with Gasteiger partial charge in [0.05, 0.1) is 0 Å². The first-order valence-corrected chi connectivity index (χ1v) is 16.7. The molecule has 0 fully saturated rings. The van der Waals surface area contributed by atoms with Crippen molar-refractivity contribution in [1.29, 1.82) is 0 Å². The average Bonchev–Trinajstić information content (AvgIpc) is 2.65. The molecule has 1 aromatic rings. The molecule has 1 N–H and O–H groups in total.